The number of aromatic nitrogens is 2. The number of benzene rings is 1. The van der Waals surface area contributed by atoms with E-state index >= 15 is 0 Å². The number of hydrogen-bond acceptors (Lipinski definition) is 5. The second kappa shape index (κ2) is 8.94. The molecule has 0 aliphatic rings. The smallest absolute Gasteiger partial charge is 0.257 e. The van der Waals surface area contributed by atoms with Crippen LogP contribution in [0.4, 0.5) is 15.8 Å². The summed E-state index contributed by atoms with van der Waals surface area (Å²) in [6.45, 7) is 2.17. The van der Waals surface area contributed by atoms with E-state index < -0.39 is 21.7 Å². The number of halogens is 2. The van der Waals surface area contributed by atoms with Gasteiger partial charge in [0.25, 0.3) is 5.91 Å². The van der Waals surface area contributed by atoms with Crippen molar-refractivity contribution in [3.63, 3.8) is 0 Å². The monoisotopic (exact) mass is 466 g/mol. The maximum atomic E-state index is 14.5. The van der Waals surface area contributed by atoms with E-state index in [1.807, 2.05) is 0 Å². The van der Waals surface area contributed by atoms with Crippen molar-refractivity contribution in [2.75, 3.05) is 22.9 Å². The van der Waals surface area contributed by atoms with Crippen LogP contribution >= 0.6 is 11.6 Å². The molecule has 2 aromatic heterocycles. The van der Waals surface area contributed by atoms with Gasteiger partial charge in [-0.25, -0.2) is 17.8 Å². The minimum atomic E-state index is -3.51. The van der Waals surface area contributed by atoms with Gasteiger partial charge in [0.1, 0.15) is 11.4 Å². The van der Waals surface area contributed by atoms with Crippen LogP contribution < -0.4 is 14.8 Å². The number of carbonyl (C=O) groups is 1. The Labute approximate surface area is 184 Å². The van der Waals surface area contributed by atoms with Gasteiger partial charge >= 0.3 is 0 Å². The molecule has 0 bridgehead atoms. The van der Waals surface area contributed by atoms with Gasteiger partial charge in [-0.05, 0) is 31.2 Å². The zero-order valence-electron chi connectivity index (χ0n) is 16.9. The van der Waals surface area contributed by atoms with Gasteiger partial charge in [0, 0.05) is 30.0 Å². The number of pyridine rings is 1. The molecule has 0 fully saturated rings. The first-order valence-electron chi connectivity index (χ1n) is 9.10. The number of carbonyl (C=O) groups excluding carboxylic acids is 1. The van der Waals surface area contributed by atoms with E-state index in [9.17, 15) is 17.6 Å². The second-order valence-electron chi connectivity index (χ2n) is 6.72. The Kier molecular flexibility index (Phi) is 6.51. The lowest BCUT2D eigenvalue weighted by atomic mass is 10.2. The average molecular weight is 467 g/mol. The molecule has 3 aromatic rings. The molecule has 3 rings (SSSR count). The molecule has 8 nitrogen and oxygen atoms in total. The molecular formula is C20H20ClFN4O4S. The predicted octanol–water partition coefficient (Wildman–Crippen LogP) is 3.90. The molecule has 11 heteroatoms. The fourth-order valence-corrected chi connectivity index (χ4v) is 3.70. The van der Waals surface area contributed by atoms with E-state index in [1.54, 1.807) is 18.5 Å². The van der Waals surface area contributed by atoms with Gasteiger partial charge in [0.05, 0.1) is 36.0 Å². The molecule has 0 unspecified atom stereocenters. The Bertz CT molecular complexity index is 1240. The van der Waals surface area contributed by atoms with Crippen LogP contribution in [0.1, 0.15) is 17.3 Å². The van der Waals surface area contributed by atoms with E-state index in [0.717, 1.165) is 6.26 Å². The molecule has 0 saturated heterocycles. The molecule has 0 aliphatic heterocycles. The van der Waals surface area contributed by atoms with Crippen LogP contribution in [0, 0.1) is 5.82 Å². The van der Waals surface area contributed by atoms with Crippen molar-refractivity contribution in [3.8, 4) is 17.1 Å². The van der Waals surface area contributed by atoms with Crippen molar-refractivity contribution >= 4 is 38.9 Å². The maximum Gasteiger partial charge on any atom is 0.257 e. The molecule has 0 atom stereocenters. The molecule has 2 N–H and O–H groups in total. The summed E-state index contributed by atoms with van der Waals surface area (Å²) in [5.74, 6) is -0.749. The van der Waals surface area contributed by atoms with Gasteiger partial charge in [-0.3, -0.25) is 9.52 Å². The van der Waals surface area contributed by atoms with Crippen molar-refractivity contribution in [3.05, 3.63) is 59.1 Å². The summed E-state index contributed by atoms with van der Waals surface area (Å²) in [6, 6.07) is 7.06. The van der Waals surface area contributed by atoms with E-state index in [-0.39, 0.29) is 22.0 Å². The van der Waals surface area contributed by atoms with Gasteiger partial charge in [0.15, 0.2) is 5.82 Å². The number of sulfonamides is 1. The van der Waals surface area contributed by atoms with E-state index in [4.69, 9.17) is 16.3 Å². The molecule has 2 heterocycles. The van der Waals surface area contributed by atoms with E-state index in [1.165, 1.54) is 42.7 Å². The lowest BCUT2D eigenvalue weighted by molar-refractivity contribution is 0.102. The highest BCUT2D eigenvalue weighted by molar-refractivity contribution is 7.92. The van der Waals surface area contributed by atoms with Crippen LogP contribution in [0.25, 0.3) is 11.4 Å². The molecule has 0 saturated carbocycles. The fraction of sp³-hybridized carbons (Fsp3) is 0.200. The highest BCUT2D eigenvalue weighted by atomic mass is 35.5. The Balaban J connectivity index is 1.85. The number of anilines is 2. The first kappa shape index (κ1) is 22.6. The largest absolute Gasteiger partial charge is 0.492 e. The molecular weight excluding hydrogens is 447 g/mol. The predicted molar refractivity (Wildman–Crippen MR) is 118 cm³/mol. The van der Waals surface area contributed by atoms with E-state index in [0.29, 0.717) is 23.7 Å². The highest BCUT2D eigenvalue weighted by Crippen LogP contribution is 2.27. The zero-order chi connectivity index (χ0) is 22.8. The third kappa shape index (κ3) is 5.74. The summed E-state index contributed by atoms with van der Waals surface area (Å²) in [5, 5.41) is 2.89. The fourth-order valence-electron chi connectivity index (χ4n) is 2.92. The topological polar surface area (TPSA) is 102 Å². The third-order valence-electron chi connectivity index (χ3n) is 4.10. The van der Waals surface area contributed by atoms with E-state index in [2.05, 4.69) is 15.0 Å². The number of amides is 1. The number of nitrogens with one attached hydrogen (secondary N) is 2. The average Bonchev–Trinajstić information content (AvgIpc) is 3.02. The van der Waals surface area contributed by atoms with Crippen LogP contribution in [0.15, 0.2) is 42.7 Å². The first-order valence-corrected chi connectivity index (χ1v) is 11.4. The molecule has 164 valence electrons. The normalized spacial score (nSPS) is 11.3. The number of nitrogens with zero attached hydrogens (tertiary/aromatic N) is 2. The molecule has 1 aromatic carbocycles. The maximum absolute atomic E-state index is 14.5. The van der Waals surface area contributed by atoms with Crippen LogP contribution in [0.3, 0.4) is 0 Å². The Morgan fingerprint density at radius 3 is 2.58 bits per heavy atom. The standard InChI is InChI=1S/C20H20ClFN4O4S/c1-4-30-16-9-17(22)19(23-10-16)18-5-12(11-26(18)2)20(27)24-14-6-13(21)7-15(8-14)25-31(3,28)29/h5-11,25H,4H2,1-3H3,(H,24,27). The first-order chi connectivity index (χ1) is 14.6. The summed E-state index contributed by atoms with van der Waals surface area (Å²) in [4.78, 5) is 16.8. The summed E-state index contributed by atoms with van der Waals surface area (Å²) in [7, 11) is -1.85. The van der Waals surface area contributed by atoms with Crippen molar-refractivity contribution < 1.29 is 22.3 Å². The van der Waals surface area contributed by atoms with Crippen LogP contribution in [0.2, 0.25) is 5.02 Å². The Morgan fingerprint density at radius 1 is 1.23 bits per heavy atom. The second-order valence-corrected chi connectivity index (χ2v) is 8.90. The minimum absolute atomic E-state index is 0.0763. The van der Waals surface area contributed by atoms with Gasteiger partial charge in [-0.15, -0.1) is 0 Å². The number of rotatable bonds is 7. The van der Waals surface area contributed by atoms with Crippen molar-refractivity contribution in [2.45, 2.75) is 6.92 Å². The van der Waals surface area contributed by atoms with Crippen LogP contribution in [-0.2, 0) is 17.1 Å². The molecule has 0 aliphatic carbocycles. The number of ether oxygens (including phenoxy) is 1. The lowest BCUT2D eigenvalue weighted by Gasteiger charge is -2.09. The number of aryl methyl sites for hydroxylation is 1. The molecule has 1 amide bonds. The summed E-state index contributed by atoms with van der Waals surface area (Å²) in [5.41, 5.74) is 1.23. The highest BCUT2D eigenvalue weighted by Gasteiger charge is 2.17. The summed E-state index contributed by atoms with van der Waals surface area (Å²) < 4.78 is 46.5. The molecule has 31 heavy (non-hydrogen) atoms. The van der Waals surface area contributed by atoms with Crippen molar-refractivity contribution in [2.24, 2.45) is 7.05 Å². The van der Waals surface area contributed by atoms with Gasteiger partial charge < -0.3 is 14.6 Å². The van der Waals surface area contributed by atoms with Gasteiger partial charge in [-0.2, -0.15) is 0 Å². The van der Waals surface area contributed by atoms with Crippen molar-refractivity contribution in [1.29, 1.82) is 0 Å². The van der Waals surface area contributed by atoms with Gasteiger partial charge in [-0.1, -0.05) is 11.6 Å². The van der Waals surface area contributed by atoms with Crippen LogP contribution in [-0.4, -0.2) is 36.7 Å². The lowest BCUT2D eigenvalue weighted by Crippen LogP contribution is -2.13. The Hall–Kier alpha value is -3.11. The van der Waals surface area contributed by atoms with Crippen molar-refractivity contribution in [1.82, 2.24) is 9.55 Å². The quantitative estimate of drug-likeness (QED) is 0.549. The van der Waals surface area contributed by atoms with Crippen LogP contribution in [0.5, 0.6) is 5.75 Å². The Morgan fingerprint density at radius 2 is 1.94 bits per heavy atom. The summed E-state index contributed by atoms with van der Waals surface area (Å²) in [6.07, 6.45) is 3.95. The SMILES string of the molecule is CCOc1cnc(-c2cc(C(=O)Nc3cc(Cl)cc(NS(C)(=O)=O)c3)cn2C)c(F)c1. The van der Waals surface area contributed by atoms with Gasteiger partial charge in [0.2, 0.25) is 10.0 Å². The minimum Gasteiger partial charge on any atom is -0.492 e. The molecule has 0 radical (unpaired) electrons. The summed E-state index contributed by atoms with van der Waals surface area (Å²) >= 11 is 6.02. The zero-order valence-corrected chi connectivity index (χ0v) is 18.5. The molecule has 0 spiro atoms. The number of hydrogen-bond donors (Lipinski definition) is 2. The third-order valence-corrected chi connectivity index (χ3v) is 4.92.